The molecule has 2 rings (SSSR count). The van der Waals surface area contributed by atoms with Crippen LogP contribution in [-0.4, -0.2) is 30.6 Å². The average Bonchev–Trinajstić information content (AvgIpc) is 3.11. The smallest absolute Gasteiger partial charge is 0.338 e. The molecule has 0 heterocycles. The second kappa shape index (κ2) is 9.94. The third-order valence-electron chi connectivity index (χ3n) is 4.34. The molecule has 0 aromatic heterocycles. The predicted molar refractivity (Wildman–Crippen MR) is 97.8 cm³/mol. The number of carbonyl (C=O) groups is 3. The quantitative estimate of drug-likeness (QED) is 0.714. The highest BCUT2D eigenvalue weighted by atomic mass is 16.5. The summed E-state index contributed by atoms with van der Waals surface area (Å²) >= 11 is 0. The lowest BCUT2D eigenvalue weighted by Crippen LogP contribution is -2.21. The first-order chi connectivity index (χ1) is 12.4. The number of carbonyl (C=O) groups excluding carboxylic acids is 3. The van der Waals surface area contributed by atoms with Crippen molar-refractivity contribution in [2.75, 3.05) is 11.9 Å². The lowest BCUT2D eigenvalue weighted by Gasteiger charge is -2.10. The van der Waals surface area contributed by atoms with Gasteiger partial charge in [-0.15, -0.1) is 0 Å². The van der Waals surface area contributed by atoms with Gasteiger partial charge in [-0.2, -0.15) is 0 Å². The minimum Gasteiger partial charge on any atom is -0.459 e. The molecule has 0 saturated heterocycles. The molecule has 1 aromatic carbocycles. The van der Waals surface area contributed by atoms with Crippen molar-refractivity contribution in [3.8, 4) is 0 Å². The highest BCUT2D eigenvalue weighted by molar-refractivity contribution is 5.94. The number of esters is 2. The summed E-state index contributed by atoms with van der Waals surface area (Å²) in [5, 5.41) is 2.63. The number of nitrogens with one attached hydrogen (secondary N) is 1. The first-order valence-corrected chi connectivity index (χ1v) is 9.20. The van der Waals surface area contributed by atoms with Gasteiger partial charge in [-0.25, -0.2) is 4.79 Å². The molecular weight excluding hydrogens is 334 g/mol. The van der Waals surface area contributed by atoms with Crippen molar-refractivity contribution in [3.63, 3.8) is 0 Å². The maximum absolute atomic E-state index is 11.9. The van der Waals surface area contributed by atoms with Crippen LogP contribution in [0.25, 0.3) is 0 Å². The molecule has 1 aliphatic carbocycles. The lowest BCUT2D eigenvalue weighted by atomic mass is 10.0. The lowest BCUT2D eigenvalue weighted by molar-refractivity contribution is -0.147. The summed E-state index contributed by atoms with van der Waals surface area (Å²) < 4.78 is 10.1. The minimum atomic E-state index is -0.408. The van der Waals surface area contributed by atoms with E-state index in [-0.39, 0.29) is 18.7 Å². The Hall–Kier alpha value is -2.37. The Bertz CT molecular complexity index is 618. The predicted octanol–water partition coefficient (Wildman–Crippen LogP) is 3.70. The van der Waals surface area contributed by atoms with Crippen molar-refractivity contribution in [1.29, 1.82) is 0 Å². The second-order valence-electron chi connectivity index (χ2n) is 6.93. The van der Waals surface area contributed by atoms with E-state index in [2.05, 4.69) is 5.32 Å². The number of hydrogen-bond donors (Lipinski definition) is 1. The van der Waals surface area contributed by atoms with E-state index in [1.165, 1.54) is 25.7 Å². The van der Waals surface area contributed by atoms with Crippen LogP contribution in [0.5, 0.6) is 0 Å². The summed E-state index contributed by atoms with van der Waals surface area (Å²) in [5.74, 6) is -0.526. The van der Waals surface area contributed by atoms with Gasteiger partial charge in [-0.3, -0.25) is 9.59 Å². The Morgan fingerprint density at radius 3 is 2.38 bits per heavy atom. The summed E-state index contributed by atoms with van der Waals surface area (Å²) in [6.45, 7) is 3.25. The van der Waals surface area contributed by atoms with Gasteiger partial charge in [-0.05, 0) is 50.5 Å². The zero-order valence-corrected chi connectivity index (χ0v) is 15.5. The van der Waals surface area contributed by atoms with Crippen molar-refractivity contribution in [2.45, 2.75) is 58.5 Å². The maximum Gasteiger partial charge on any atom is 0.338 e. The van der Waals surface area contributed by atoms with Crippen LogP contribution in [0.2, 0.25) is 0 Å². The summed E-state index contributed by atoms with van der Waals surface area (Å²) in [4.78, 5) is 35.3. The molecular formula is C20H27NO5. The summed E-state index contributed by atoms with van der Waals surface area (Å²) in [6.07, 6.45) is 5.89. The van der Waals surface area contributed by atoms with Gasteiger partial charge in [-0.1, -0.05) is 25.7 Å². The molecule has 0 bridgehead atoms. The van der Waals surface area contributed by atoms with Crippen molar-refractivity contribution >= 4 is 23.5 Å². The van der Waals surface area contributed by atoms with Gasteiger partial charge in [0.05, 0.1) is 11.7 Å². The molecule has 0 atom stereocenters. The summed E-state index contributed by atoms with van der Waals surface area (Å²) in [7, 11) is 0. The summed E-state index contributed by atoms with van der Waals surface area (Å²) in [5.41, 5.74) is 0.938. The van der Waals surface area contributed by atoms with Crippen LogP contribution in [0.3, 0.4) is 0 Å². The van der Waals surface area contributed by atoms with E-state index in [4.69, 9.17) is 9.47 Å². The standard InChI is InChI=1S/C20H27NO5/c1-14(2)26-20(24)16-8-10-17(11-9-16)21-18(22)13-25-19(23)12-7-15-5-3-4-6-15/h8-11,14-15H,3-7,12-13H2,1-2H3,(H,21,22). The molecule has 1 aromatic rings. The van der Waals surface area contributed by atoms with E-state index in [9.17, 15) is 14.4 Å². The Kier molecular flexibility index (Phi) is 7.63. The zero-order chi connectivity index (χ0) is 18.9. The molecule has 0 spiro atoms. The average molecular weight is 361 g/mol. The minimum absolute atomic E-state index is 0.190. The molecule has 6 heteroatoms. The second-order valence-corrected chi connectivity index (χ2v) is 6.93. The largest absolute Gasteiger partial charge is 0.459 e. The molecule has 1 N–H and O–H groups in total. The summed E-state index contributed by atoms with van der Waals surface area (Å²) in [6, 6.07) is 6.37. The normalized spacial score (nSPS) is 14.3. The van der Waals surface area contributed by atoms with Gasteiger partial charge in [0.15, 0.2) is 6.61 Å². The Morgan fingerprint density at radius 1 is 1.12 bits per heavy atom. The molecule has 26 heavy (non-hydrogen) atoms. The number of rotatable bonds is 8. The van der Waals surface area contributed by atoms with E-state index in [0.717, 1.165) is 6.42 Å². The molecule has 1 amide bonds. The molecule has 0 radical (unpaired) electrons. The van der Waals surface area contributed by atoms with Gasteiger partial charge in [0.25, 0.3) is 5.91 Å². The van der Waals surface area contributed by atoms with Crippen LogP contribution in [-0.2, 0) is 19.1 Å². The fraction of sp³-hybridized carbons (Fsp3) is 0.550. The molecule has 0 unspecified atom stereocenters. The third kappa shape index (κ3) is 6.86. The molecule has 0 aliphatic heterocycles. The van der Waals surface area contributed by atoms with Crippen LogP contribution in [0.1, 0.15) is 62.7 Å². The van der Waals surface area contributed by atoms with E-state index < -0.39 is 11.9 Å². The SMILES string of the molecule is CC(C)OC(=O)c1ccc(NC(=O)COC(=O)CCC2CCCC2)cc1. The van der Waals surface area contributed by atoms with Gasteiger partial charge >= 0.3 is 11.9 Å². The Morgan fingerprint density at radius 2 is 1.77 bits per heavy atom. The van der Waals surface area contributed by atoms with Gasteiger partial charge in [0, 0.05) is 12.1 Å². The van der Waals surface area contributed by atoms with Gasteiger partial charge in [0.1, 0.15) is 0 Å². The van der Waals surface area contributed by atoms with Crippen LogP contribution < -0.4 is 5.32 Å². The van der Waals surface area contributed by atoms with Crippen LogP contribution in [0.4, 0.5) is 5.69 Å². The van der Waals surface area contributed by atoms with Crippen molar-refractivity contribution in [1.82, 2.24) is 0 Å². The van der Waals surface area contributed by atoms with Crippen molar-refractivity contribution in [2.24, 2.45) is 5.92 Å². The molecule has 6 nitrogen and oxygen atoms in total. The highest BCUT2D eigenvalue weighted by Gasteiger charge is 2.17. The van der Waals surface area contributed by atoms with E-state index in [1.54, 1.807) is 38.1 Å². The number of amides is 1. The fourth-order valence-corrected chi connectivity index (χ4v) is 3.01. The van der Waals surface area contributed by atoms with Crippen LogP contribution >= 0.6 is 0 Å². The maximum atomic E-state index is 11.9. The first-order valence-electron chi connectivity index (χ1n) is 9.20. The fourth-order valence-electron chi connectivity index (χ4n) is 3.01. The number of ether oxygens (including phenoxy) is 2. The molecule has 1 aliphatic rings. The molecule has 1 saturated carbocycles. The number of hydrogen-bond acceptors (Lipinski definition) is 5. The topological polar surface area (TPSA) is 81.7 Å². The van der Waals surface area contributed by atoms with Crippen molar-refractivity contribution in [3.05, 3.63) is 29.8 Å². The van der Waals surface area contributed by atoms with E-state index in [0.29, 0.717) is 23.6 Å². The van der Waals surface area contributed by atoms with Crippen LogP contribution in [0, 0.1) is 5.92 Å². The van der Waals surface area contributed by atoms with Crippen LogP contribution in [0.15, 0.2) is 24.3 Å². The van der Waals surface area contributed by atoms with E-state index >= 15 is 0 Å². The van der Waals surface area contributed by atoms with Gasteiger partial charge < -0.3 is 14.8 Å². The zero-order valence-electron chi connectivity index (χ0n) is 15.5. The highest BCUT2D eigenvalue weighted by Crippen LogP contribution is 2.28. The van der Waals surface area contributed by atoms with Crippen molar-refractivity contribution < 1.29 is 23.9 Å². The third-order valence-corrected chi connectivity index (χ3v) is 4.34. The van der Waals surface area contributed by atoms with E-state index in [1.807, 2.05) is 0 Å². The number of benzene rings is 1. The monoisotopic (exact) mass is 361 g/mol. The Balaban J connectivity index is 1.69. The number of anilines is 1. The van der Waals surface area contributed by atoms with Gasteiger partial charge in [0.2, 0.25) is 0 Å². The Labute approximate surface area is 154 Å². The first kappa shape index (κ1) is 19.9. The molecule has 1 fully saturated rings. The molecule has 142 valence electrons.